The molecule has 0 N–H and O–H groups in total. The molecule has 174 valence electrons. The zero-order chi connectivity index (χ0) is 23.5. The van der Waals surface area contributed by atoms with Gasteiger partial charge >= 0.3 is 0 Å². The highest BCUT2D eigenvalue weighted by Crippen LogP contribution is 2.27. The Kier molecular flexibility index (Phi) is 6.31. The number of fused-ring (bicyclic) bond motifs is 1. The second-order valence-electron chi connectivity index (χ2n) is 7.78. The van der Waals surface area contributed by atoms with Crippen molar-refractivity contribution in [3.63, 3.8) is 0 Å². The maximum atomic E-state index is 13.2. The fourth-order valence-corrected chi connectivity index (χ4v) is 4.90. The molecule has 0 spiro atoms. The number of carbonyl (C=O) groups is 1. The van der Waals surface area contributed by atoms with E-state index in [0.717, 1.165) is 33.5 Å². The van der Waals surface area contributed by atoms with Crippen LogP contribution in [0.3, 0.4) is 0 Å². The van der Waals surface area contributed by atoms with E-state index in [9.17, 15) is 4.79 Å². The molecule has 2 aromatic carbocycles. The monoisotopic (exact) mass is 475 g/mol. The predicted octanol–water partition coefficient (Wildman–Crippen LogP) is 3.29. The van der Waals surface area contributed by atoms with E-state index in [0.29, 0.717) is 37.3 Å². The number of piperazine rings is 1. The van der Waals surface area contributed by atoms with Crippen molar-refractivity contribution in [2.24, 2.45) is 0 Å². The van der Waals surface area contributed by atoms with Crippen molar-refractivity contribution in [3.05, 3.63) is 60.4 Å². The van der Waals surface area contributed by atoms with E-state index in [4.69, 9.17) is 4.74 Å². The number of anilines is 1. The number of carbonyl (C=O) groups excluding carboxylic acids is 1. The van der Waals surface area contributed by atoms with Crippen molar-refractivity contribution >= 4 is 34.7 Å². The van der Waals surface area contributed by atoms with Crippen LogP contribution in [0.25, 0.3) is 16.9 Å². The van der Waals surface area contributed by atoms with Gasteiger partial charge in [0, 0.05) is 37.1 Å². The van der Waals surface area contributed by atoms with Crippen LogP contribution in [0.15, 0.2) is 59.8 Å². The molecule has 2 aromatic heterocycles. The number of thioether (sulfide) groups is 1. The highest BCUT2D eigenvalue weighted by molar-refractivity contribution is 7.99. The Bertz CT molecular complexity index is 1320. The molecule has 1 amide bonds. The minimum Gasteiger partial charge on any atom is -0.497 e. The summed E-state index contributed by atoms with van der Waals surface area (Å²) in [5, 5.41) is 8.70. The quantitative estimate of drug-likeness (QED) is 0.393. The van der Waals surface area contributed by atoms with Crippen molar-refractivity contribution in [1.82, 2.24) is 29.9 Å². The molecule has 0 saturated carbocycles. The standard InChI is InChI=1S/C24H25N7O2S/c1-3-34-20-10-5-4-9-19(20)24(32)30-13-11-29(12-14-30)22-21-23(26-16-25-22)31(28-27-21)17-7-6-8-18(15-17)33-2/h4-10,15-16H,3,11-14H2,1-2H3. The summed E-state index contributed by atoms with van der Waals surface area (Å²) in [5.41, 5.74) is 2.84. The van der Waals surface area contributed by atoms with Gasteiger partial charge in [0.25, 0.3) is 5.91 Å². The summed E-state index contributed by atoms with van der Waals surface area (Å²) in [6.07, 6.45) is 1.54. The first-order valence-corrected chi connectivity index (χ1v) is 12.1. The van der Waals surface area contributed by atoms with Gasteiger partial charge in [-0.2, -0.15) is 4.68 Å². The van der Waals surface area contributed by atoms with Gasteiger partial charge in [0.1, 0.15) is 12.1 Å². The van der Waals surface area contributed by atoms with E-state index in [1.807, 2.05) is 53.4 Å². The van der Waals surface area contributed by atoms with Crippen molar-refractivity contribution in [2.45, 2.75) is 11.8 Å². The van der Waals surface area contributed by atoms with Gasteiger partial charge in [0.15, 0.2) is 17.0 Å². The van der Waals surface area contributed by atoms with Crippen molar-refractivity contribution in [3.8, 4) is 11.4 Å². The Morgan fingerprint density at radius 1 is 1.06 bits per heavy atom. The fraction of sp³-hybridized carbons (Fsp3) is 0.292. The molecule has 1 aliphatic heterocycles. The molecule has 0 aliphatic carbocycles. The minimum absolute atomic E-state index is 0.0769. The molecule has 3 heterocycles. The molecule has 0 radical (unpaired) electrons. The lowest BCUT2D eigenvalue weighted by atomic mass is 10.2. The molecular weight excluding hydrogens is 450 g/mol. The Morgan fingerprint density at radius 3 is 2.68 bits per heavy atom. The Balaban J connectivity index is 1.35. The molecule has 0 atom stereocenters. The highest BCUT2D eigenvalue weighted by atomic mass is 32.2. The lowest BCUT2D eigenvalue weighted by Crippen LogP contribution is -2.49. The molecule has 1 aliphatic rings. The second kappa shape index (κ2) is 9.68. The average molecular weight is 476 g/mol. The molecule has 10 heteroatoms. The third kappa shape index (κ3) is 4.16. The number of methoxy groups -OCH3 is 1. The summed E-state index contributed by atoms with van der Waals surface area (Å²) in [6, 6.07) is 15.4. The lowest BCUT2D eigenvalue weighted by molar-refractivity contribution is 0.0743. The van der Waals surface area contributed by atoms with Gasteiger partial charge in [-0.05, 0) is 30.0 Å². The zero-order valence-electron chi connectivity index (χ0n) is 19.1. The maximum Gasteiger partial charge on any atom is 0.255 e. The van der Waals surface area contributed by atoms with E-state index in [2.05, 4.69) is 32.1 Å². The smallest absolute Gasteiger partial charge is 0.255 e. The average Bonchev–Trinajstić information content (AvgIpc) is 3.33. The van der Waals surface area contributed by atoms with Crippen molar-refractivity contribution in [2.75, 3.05) is 43.9 Å². The molecule has 34 heavy (non-hydrogen) atoms. The van der Waals surface area contributed by atoms with Gasteiger partial charge < -0.3 is 14.5 Å². The van der Waals surface area contributed by atoms with E-state index < -0.39 is 0 Å². The number of benzene rings is 2. The van der Waals surface area contributed by atoms with Crippen LogP contribution in [0.5, 0.6) is 5.75 Å². The van der Waals surface area contributed by atoms with Crippen LogP contribution in [0.1, 0.15) is 17.3 Å². The van der Waals surface area contributed by atoms with E-state index in [-0.39, 0.29) is 5.91 Å². The third-order valence-electron chi connectivity index (χ3n) is 5.80. The topological polar surface area (TPSA) is 89.3 Å². The Hall–Kier alpha value is -3.66. The third-order valence-corrected chi connectivity index (χ3v) is 6.76. The van der Waals surface area contributed by atoms with Gasteiger partial charge in [-0.15, -0.1) is 16.9 Å². The Morgan fingerprint density at radius 2 is 1.88 bits per heavy atom. The molecule has 0 unspecified atom stereocenters. The number of aromatic nitrogens is 5. The molecule has 1 saturated heterocycles. The molecule has 5 rings (SSSR count). The van der Waals surface area contributed by atoms with Crippen LogP contribution in [-0.2, 0) is 0 Å². The normalized spacial score (nSPS) is 13.9. The van der Waals surface area contributed by atoms with Gasteiger partial charge in [0.2, 0.25) is 0 Å². The van der Waals surface area contributed by atoms with Gasteiger partial charge in [-0.25, -0.2) is 9.97 Å². The van der Waals surface area contributed by atoms with Crippen LogP contribution in [0, 0.1) is 0 Å². The first kappa shape index (κ1) is 22.1. The predicted molar refractivity (Wildman–Crippen MR) is 132 cm³/mol. The van der Waals surface area contributed by atoms with Crippen LogP contribution < -0.4 is 9.64 Å². The molecule has 1 fully saturated rings. The SMILES string of the molecule is CCSc1ccccc1C(=O)N1CCN(c2ncnc3c2nnn3-c2cccc(OC)c2)CC1. The van der Waals surface area contributed by atoms with Crippen LogP contribution in [-0.4, -0.2) is 74.8 Å². The molecule has 9 nitrogen and oxygen atoms in total. The Labute approximate surface area is 201 Å². The van der Waals surface area contributed by atoms with Gasteiger partial charge in [0.05, 0.1) is 18.4 Å². The van der Waals surface area contributed by atoms with E-state index in [1.165, 1.54) is 6.33 Å². The van der Waals surface area contributed by atoms with Gasteiger partial charge in [-0.1, -0.05) is 30.3 Å². The highest BCUT2D eigenvalue weighted by Gasteiger charge is 2.26. The molecular formula is C24H25N7O2S. The second-order valence-corrected chi connectivity index (χ2v) is 9.09. The van der Waals surface area contributed by atoms with Gasteiger partial charge in [-0.3, -0.25) is 4.79 Å². The van der Waals surface area contributed by atoms with E-state index in [1.54, 1.807) is 23.6 Å². The molecule has 0 bridgehead atoms. The van der Waals surface area contributed by atoms with Crippen molar-refractivity contribution < 1.29 is 9.53 Å². The minimum atomic E-state index is 0.0769. The van der Waals surface area contributed by atoms with Crippen molar-refractivity contribution in [1.29, 1.82) is 0 Å². The number of hydrogen-bond donors (Lipinski definition) is 0. The number of nitrogens with zero attached hydrogens (tertiary/aromatic N) is 7. The van der Waals surface area contributed by atoms with Crippen LogP contribution in [0.2, 0.25) is 0 Å². The molecule has 4 aromatic rings. The fourth-order valence-electron chi connectivity index (χ4n) is 4.10. The largest absolute Gasteiger partial charge is 0.497 e. The summed E-state index contributed by atoms with van der Waals surface area (Å²) in [7, 11) is 1.63. The summed E-state index contributed by atoms with van der Waals surface area (Å²) < 4.78 is 7.02. The number of hydrogen-bond acceptors (Lipinski definition) is 8. The summed E-state index contributed by atoms with van der Waals surface area (Å²) in [4.78, 5) is 27.2. The number of amides is 1. The number of ether oxygens (including phenoxy) is 1. The lowest BCUT2D eigenvalue weighted by Gasteiger charge is -2.35. The maximum absolute atomic E-state index is 13.2. The zero-order valence-corrected chi connectivity index (χ0v) is 19.9. The van der Waals surface area contributed by atoms with Crippen LogP contribution in [0.4, 0.5) is 5.82 Å². The summed E-state index contributed by atoms with van der Waals surface area (Å²) in [5.74, 6) is 2.47. The first-order valence-electron chi connectivity index (χ1n) is 11.2. The van der Waals surface area contributed by atoms with E-state index >= 15 is 0 Å². The van der Waals surface area contributed by atoms with Crippen LogP contribution >= 0.6 is 11.8 Å². The number of rotatable bonds is 6. The first-order chi connectivity index (χ1) is 16.7. The summed E-state index contributed by atoms with van der Waals surface area (Å²) >= 11 is 1.70. The summed E-state index contributed by atoms with van der Waals surface area (Å²) in [6.45, 7) is 4.64.